The minimum Gasteiger partial charge on any atom is -0.482 e. The number of ether oxygens (including phenoxy) is 1. The molecular weight excluding hydrogens is 392 g/mol. The van der Waals surface area contributed by atoms with Crippen LogP contribution in [-0.4, -0.2) is 25.9 Å². The van der Waals surface area contributed by atoms with Gasteiger partial charge < -0.3 is 14.2 Å². The molecule has 138 valence electrons. The van der Waals surface area contributed by atoms with Gasteiger partial charge in [0.25, 0.3) is 5.91 Å². The van der Waals surface area contributed by atoms with Crippen LogP contribution in [0.4, 0.5) is 5.69 Å². The van der Waals surface area contributed by atoms with Crippen LogP contribution in [0.2, 0.25) is 5.02 Å². The third-order valence-electron chi connectivity index (χ3n) is 3.96. The van der Waals surface area contributed by atoms with Crippen molar-refractivity contribution in [3.05, 3.63) is 53.2 Å². The molecular formula is C18H13ClN2O5S. The molecule has 2 heterocycles. The van der Waals surface area contributed by atoms with Gasteiger partial charge >= 0.3 is 10.1 Å². The van der Waals surface area contributed by atoms with E-state index in [1.165, 1.54) is 18.2 Å². The Bertz CT molecular complexity index is 1190. The SMILES string of the molecule is Cc1ccc2cccc(OS(=O)(=O)c3cc4c(cc3Cl)NC(=O)CO4)c2n1. The van der Waals surface area contributed by atoms with Crippen LogP contribution in [-0.2, 0) is 14.9 Å². The molecule has 7 nitrogen and oxygen atoms in total. The highest BCUT2D eigenvalue weighted by molar-refractivity contribution is 7.87. The van der Waals surface area contributed by atoms with E-state index in [4.69, 9.17) is 20.5 Å². The van der Waals surface area contributed by atoms with Crippen LogP contribution in [0.3, 0.4) is 0 Å². The number of anilines is 1. The van der Waals surface area contributed by atoms with Gasteiger partial charge in [-0.15, -0.1) is 0 Å². The molecule has 1 amide bonds. The lowest BCUT2D eigenvalue weighted by Crippen LogP contribution is -2.25. The average molecular weight is 405 g/mol. The van der Waals surface area contributed by atoms with Crippen molar-refractivity contribution in [2.75, 3.05) is 11.9 Å². The Morgan fingerprint density at radius 3 is 2.85 bits per heavy atom. The number of fused-ring (bicyclic) bond motifs is 2. The van der Waals surface area contributed by atoms with Gasteiger partial charge in [-0.05, 0) is 25.1 Å². The Morgan fingerprint density at radius 2 is 2.04 bits per heavy atom. The van der Waals surface area contributed by atoms with Gasteiger partial charge in [-0.2, -0.15) is 8.42 Å². The second kappa shape index (κ2) is 6.40. The molecule has 27 heavy (non-hydrogen) atoms. The zero-order chi connectivity index (χ0) is 19.2. The molecule has 0 aliphatic carbocycles. The fourth-order valence-electron chi connectivity index (χ4n) is 2.72. The smallest absolute Gasteiger partial charge is 0.340 e. The lowest BCUT2D eigenvalue weighted by Gasteiger charge is -2.19. The number of carbonyl (C=O) groups is 1. The van der Waals surface area contributed by atoms with E-state index in [2.05, 4.69) is 10.3 Å². The van der Waals surface area contributed by atoms with Crippen molar-refractivity contribution in [2.24, 2.45) is 0 Å². The summed E-state index contributed by atoms with van der Waals surface area (Å²) in [6.07, 6.45) is 0. The number of halogens is 1. The van der Waals surface area contributed by atoms with Crippen molar-refractivity contribution >= 4 is 44.2 Å². The fourth-order valence-corrected chi connectivity index (χ4v) is 4.18. The Hall–Kier alpha value is -2.84. The van der Waals surface area contributed by atoms with E-state index in [-0.39, 0.29) is 33.9 Å². The molecule has 0 fully saturated rings. The highest BCUT2D eigenvalue weighted by Crippen LogP contribution is 2.37. The first kappa shape index (κ1) is 17.6. The monoisotopic (exact) mass is 404 g/mol. The minimum absolute atomic E-state index is 0.0936. The number of nitrogens with one attached hydrogen (secondary N) is 1. The summed E-state index contributed by atoms with van der Waals surface area (Å²) >= 11 is 6.12. The van der Waals surface area contributed by atoms with Gasteiger partial charge in [0.2, 0.25) is 0 Å². The number of nitrogens with zero attached hydrogens (tertiary/aromatic N) is 1. The van der Waals surface area contributed by atoms with Crippen LogP contribution in [0, 0.1) is 6.92 Å². The number of rotatable bonds is 3. The fraction of sp³-hybridized carbons (Fsp3) is 0.111. The number of aryl methyl sites for hydroxylation is 1. The van der Waals surface area contributed by atoms with E-state index in [0.717, 1.165) is 11.1 Å². The lowest BCUT2D eigenvalue weighted by atomic mass is 10.2. The number of amides is 1. The molecule has 1 aromatic heterocycles. The zero-order valence-corrected chi connectivity index (χ0v) is 15.6. The maximum Gasteiger partial charge on any atom is 0.340 e. The zero-order valence-electron chi connectivity index (χ0n) is 14.0. The van der Waals surface area contributed by atoms with Gasteiger partial charge in [-0.25, -0.2) is 4.98 Å². The molecule has 0 unspecified atom stereocenters. The van der Waals surface area contributed by atoms with Crippen LogP contribution in [0.15, 0.2) is 47.4 Å². The maximum atomic E-state index is 12.8. The highest BCUT2D eigenvalue weighted by atomic mass is 35.5. The van der Waals surface area contributed by atoms with Crippen molar-refractivity contribution in [1.82, 2.24) is 4.98 Å². The van der Waals surface area contributed by atoms with Crippen LogP contribution >= 0.6 is 11.6 Å². The van der Waals surface area contributed by atoms with E-state index < -0.39 is 10.1 Å². The van der Waals surface area contributed by atoms with Gasteiger partial charge in [0, 0.05) is 17.1 Å². The molecule has 1 aliphatic heterocycles. The molecule has 0 atom stereocenters. The van der Waals surface area contributed by atoms with Gasteiger partial charge in [0.15, 0.2) is 12.4 Å². The van der Waals surface area contributed by atoms with Gasteiger partial charge in [0.05, 0.1) is 10.7 Å². The Labute approximate surface area is 160 Å². The molecule has 1 N–H and O–H groups in total. The third-order valence-corrected chi connectivity index (χ3v) is 5.66. The van der Waals surface area contributed by atoms with Crippen LogP contribution in [0.1, 0.15) is 5.69 Å². The van der Waals surface area contributed by atoms with E-state index in [0.29, 0.717) is 11.2 Å². The number of aromatic nitrogens is 1. The van der Waals surface area contributed by atoms with Crippen molar-refractivity contribution in [3.8, 4) is 11.5 Å². The molecule has 1 aliphatic rings. The molecule has 3 aromatic rings. The van der Waals surface area contributed by atoms with Crippen LogP contribution in [0.25, 0.3) is 10.9 Å². The van der Waals surface area contributed by atoms with Gasteiger partial charge in [-0.1, -0.05) is 29.8 Å². The molecule has 0 spiro atoms. The van der Waals surface area contributed by atoms with Crippen LogP contribution < -0.4 is 14.2 Å². The predicted molar refractivity (Wildman–Crippen MR) is 99.9 cm³/mol. The van der Waals surface area contributed by atoms with E-state index >= 15 is 0 Å². The quantitative estimate of drug-likeness (QED) is 0.673. The van der Waals surface area contributed by atoms with Crippen molar-refractivity contribution in [2.45, 2.75) is 11.8 Å². The summed E-state index contributed by atoms with van der Waals surface area (Å²) in [5.41, 5.74) is 1.46. The Kier molecular flexibility index (Phi) is 4.16. The number of pyridine rings is 1. The van der Waals surface area contributed by atoms with Crippen molar-refractivity contribution in [3.63, 3.8) is 0 Å². The van der Waals surface area contributed by atoms with E-state index in [1.54, 1.807) is 13.0 Å². The molecule has 4 rings (SSSR count). The summed E-state index contributed by atoms with van der Waals surface area (Å²) in [4.78, 5) is 15.5. The number of benzene rings is 2. The lowest BCUT2D eigenvalue weighted by molar-refractivity contribution is -0.118. The summed E-state index contributed by atoms with van der Waals surface area (Å²) in [6.45, 7) is 1.60. The van der Waals surface area contributed by atoms with Gasteiger partial charge in [0.1, 0.15) is 16.2 Å². The molecule has 0 bridgehead atoms. The van der Waals surface area contributed by atoms with Crippen LogP contribution in [0.5, 0.6) is 11.5 Å². The Morgan fingerprint density at radius 1 is 1.22 bits per heavy atom. The van der Waals surface area contributed by atoms with Gasteiger partial charge in [-0.3, -0.25) is 4.79 Å². The largest absolute Gasteiger partial charge is 0.482 e. The minimum atomic E-state index is -4.26. The summed E-state index contributed by atoms with van der Waals surface area (Å²) in [5, 5.41) is 3.22. The first-order chi connectivity index (χ1) is 12.8. The number of hydrogen-bond acceptors (Lipinski definition) is 6. The summed E-state index contributed by atoms with van der Waals surface area (Å²) in [5.74, 6) is -0.0464. The molecule has 0 saturated carbocycles. The van der Waals surface area contributed by atoms with Crippen molar-refractivity contribution < 1.29 is 22.1 Å². The predicted octanol–water partition coefficient (Wildman–Crippen LogP) is 3.30. The molecule has 0 saturated heterocycles. The van der Waals surface area contributed by atoms with E-state index in [1.807, 2.05) is 18.2 Å². The molecule has 0 radical (unpaired) electrons. The first-order valence-electron chi connectivity index (χ1n) is 7.90. The summed E-state index contributed by atoms with van der Waals surface area (Å²) in [6, 6.07) is 11.2. The Balaban J connectivity index is 1.77. The van der Waals surface area contributed by atoms with Crippen molar-refractivity contribution in [1.29, 1.82) is 0 Å². The summed E-state index contributed by atoms with van der Waals surface area (Å²) < 4.78 is 36.2. The number of carbonyl (C=O) groups excluding carboxylic acids is 1. The highest BCUT2D eigenvalue weighted by Gasteiger charge is 2.26. The number of para-hydroxylation sites is 1. The average Bonchev–Trinajstić information content (AvgIpc) is 2.61. The first-order valence-corrected chi connectivity index (χ1v) is 9.69. The maximum absolute atomic E-state index is 12.8. The van der Waals surface area contributed by atoms with E-state index in [9.17, 15) is 13.2 Å². The molecule has 9 heteroatoms. The molecule has 2 aromatic carbocycles. The summed E-state index contributed by atoms with van der Waals surface area (Å²) in [7, 11) is -4.26. The standard InChI is InChI=1S/C18H13ClN2O5S/c1-10-5-6-11-3-2-4-14(18(11)20-10)26-27(23,24)16-8-15-13(7-12(16)19)21-17(22)9-25-15/h2-8H,9H2,1H3,(H,21,22). The number of hydrogen-bond donors (Lipinski definition) is 1. The second-order valence-electron chi connectivity index (χ2n) is 5.93. The topological polar surface area (TPSA) is 94.6 Å². The third kappa shape index (κ3) is 3.29. The normalized spacial score (nSPS) is 13.6. The second-order valence-corrected chi connectivity index (χ2v) is 7.86.